The van der Waals surface area contributed by atoms with Gasteiger partial charge in [-0.05, 0) is 87.7 Å². The minimum atomic E-state index is -1.50. The number of nitrogens with zero attached hydrogens (tertiary/aromatic N) is 2. The van der Waals surface area contributed by atoms with Gasteiger partial charge in [0, 0.05) is 24.8 Å². The lowest BCUT2D eigenvalue weighted by Crippen LogP contribution is -2.72. The minimum absolute atomic E-state index is 0.0376. The van der Waals surface area contributed by atoms with Gasteiger partial charge in [0.25, 0.3) is 0 Å². The van der Waals surface area contributed by atoms with Crippen LogP contribution in [0.2, 0.25) is 0 Å². The van der Waals surface area contributed by atoms with E-state index in [1.807, 2.05) is 32.0 Å². The van der Waals surface area contributed by atoms with E-state index in [0.29, 0.717) is 25.2 Å². The molecular weight excluding hydrogens is 459 g/mol. The van der Waals surface area contributed by atoms with Gasteiger partial charge in [0.05, 0.1) is 17.8 Å². The van der Waals surface area contributed by atoms with E-state index in [1.165, 1.54) is 5.57 Å². The maximum absolute atomic E-state index is 17.2. The topological polar surface area (TPSA) is 79.0 Å². The third-order valence-corrected chi connectivity index (χ3v) is 11.0. The SMILES string of the molecule is Cc1nc2cc(C3=CCC4[C@@]56CC[C@]7(C[C@H](N(C)C)[C@@H](O)[C@H](O)C7CC5(F)CC[C@]34C)O6)ccc2o1. The summed E-state index contributed by atoms with van der Waals surface area (Å²) in [4.78, 5) is 6.52. The average molecular weight is 497 g/mol. The number of halogens is 1. The van der Waals surface area contributed by atoms with Crippen LogP contribution in [0, 0.1) is 24.2 Å². The Morgan fingerprint density at radius 1 is 1.08 bits per heavy atom. The lowest BCUT2D eigenvalue weighted by atomic mass is 9.51. The monoisotopic (exact) mass is 496 g/mol. The Morgan fingerprint density at radius 2 is 1.89 bits per heavy atom. The standard InChI is InChI=1S/C29H37FN2O4/c1-16-31-20-13-17(5-7-22(20)35-16)18-6-8-23-26(18,2)9-11-28(30)14-19-24(33)25(34)21(32(3)4)15-27(19)10-12-29(23,28)36-27/h5-7,13,19,21,23-25,33-34H,8-12,14-15H2,1-4H3/t19?,21-,23?,24+,25+,26+,27+,28?,29-/m0/s1. The molecule has 3 heterocycles. The van der Waals surface area contributed by atoms with Crippen LogP contribution in [0.25, 0.3) is 16.7 Å². The summed E-state index contributed by atoms with van der Waals surface area (Å²) < 4.78 is 30.0. The fourth-order valence-electron chi connectivity index (χ4n) is 9.22. The zero-order chi connectivity index (χ0) is 25.3. The third-order valence-electron chi connectivity index (χ3n) is 11.0. The fraction of sp³-hybridized carbons (Fsp3) is 0.690. The molecule has 9 atom stereocenters. The number of aryl methyl sites for hydroxylation is 1. The molecule has 2 saturated carbocycles. The first-order chi connectivity index (χ1) is 17.0. The molecular formula is C29H37FN2O4. The van der Waals surface area contributed by atoms with Crippen molar-refractivity contribution in [2.45, 2.75) is 93.9 Å². The second-order valence-corrected chi connectivity index (χ2v) is 12.8. The Balaban J connectivity index is 1.27. The first-order valence-electron chi connectivity index (χ1n) is 13.5. The summed E-state index contributed by atoms with van der Waals surface area (Å²) in [7, 11) is 3.87. The van der Waals surface area contributed by atoms with Crippen LogP contribution in [0.15, 0.2) is 28.7 Å². The number of benzene rings is 1. The molecule has 0 radical (unpaired) electrons. The van der Waals surface area contributed by atoms with Gasteiger partial charge in [-0.2, -0.15) is 0 Å². The smallest absolute Gasteiger partial charge is 0.192 e. The summed E-state index contributed by atoms with van der Waals surface area (Å²) in [6.07, 6.45) is 4.70. The quantitative estimate of drug-likeness (QED) is 0.641. The van der Waals surface area contributed by atoms with E-state index in [9.17, 15) is 10.2 Å². The molecule has 36 heavy (non-hydrogen) atoms. The maximum atomic E-state index is 17.2. The second-order valence-electron chi connectivity index (χ2n) is 12.8. The van der Waals surface area contributed by atoms with Crippen molar-refractivity contribution in [3.05, 3.63) is 35.7 Å². The molecule has 1 aromatic heterocycles. The number of allylic oxidation sites excluding steroid dienone is 2. The first-order valence-corrected chi connectivity index (χ1v) is 13.5. The molecule has 5 aliphatic rings. The molecule has 2 bridgehead atoms. The predicted molar refractivity (Wildman–Crippen MR) is 134 cm³/mol. The van der Waals surface area contributed by atoms with Crippen molar-refractivity contribution in [1.82, 2.24) is 9.88 Å². The molecule has 3 unspecified atom stereocenters. The van der Waals surface area contributed by atoms with E-state index in [1.54, 1.807) is 0 Å². The van der Waals surface area contributed by atoms with E-state index < -0.39 is 29.1 Å². The number of oxazole rings is 1. The molecule has 2 aromatic rings. The van der Waals surface area contributed by atoms with Gasteiger partial charge in [0.2, 0.25) is 0 Å². The summed E-state index contributed by atoms with van der Waals surface area (Å²) in [6.45, 7) is 4.16. The van der Waals surface area contributed by atoms with Crippen LogP contribution < -0.4 is 0 Å². The molecule has 2 saturated heterocycles. The lowest BCUT2D eigenvalue weighted by molar-refractivity contribution is -0.314. The lowest BCUT2D eigenvalue weighted by Gasteiger charge is -2.64. The summed E-state index contributed by atoms with van der Waals surface area (Å²) in [5, 5.41) is 22.1. The second kappa shape index (κ2) is 7.19. The van der Waals surface area contributed by atoms with Gasteiger partial charge in [-0.15, -0.1) is 0 Å². The van der Waals surface area contributed by atoms with Gasteiger partial charge in [-0.25, -0.2) is 9.37 Å². The van der Waals surface area contributed by atoms with E-state index in [0.717, 1.165) is 35.9 Å². The first kappa shape index (κ1) is 23.3. The Morgan fingerprint density at radius 3 is 2.67 bits per heavy atom. The van der Waals surface area contributed by atoms with E-state index in [2.05, 4.69) is 30.1 Å². The zero-order valence-corrected chi connectivity index (χ0v) is 21.6. The highest BCUT2D eigenvalue weighted by Crippen LogP contribution is 2.72. The molecule has 2 aliphatic heterocycles. The van der Waals surface area contributed by atoms with Crippen LogP contribution in [0.3, 0.4) is 0 Å². The van der Waals surface area contributed by atoms with Gasteiger partial charge in [-0.1, -0.05) is 19.1 Å². The Bertz CT molecular complexity index is 1280. The van der Waals surface area contributed by atoms with Crippen LogP contribution in [0.1, 0.15) is 63.3 Å². The molecule has 3 aliphatic carbocycles. The predicted octanol–water partition coefficient (Wildman–Crippen LogP) is 4.41. The number of fused-ring (bicyclic) bond motifs is 2. The van der Waals surface area contributed by atoms with Gasteiger partial charge in [0.15, 0.2) is 11.5 Å². The average Bonchev–Trinajstić information content (AvgIpc) is 3.49. The van der Waals surface area contributed by atoms with Crippen LogP contribution in [0.5, 0.6) is 0 Å². The van der Waals surface area contributed by atoms with Gasteiger partial charge < -0.3 is 24.3 Å². The minimum Gasteiger partial charge on any atom is -0.441 e. The largest absolute Gasteiger partial charge is 0.441 e. The molecule has 7 heteroatoms. The molecule has 6 nitrogen and oxygen atoms in total. The summed E-state index contributed by atoms with van der Waals surface area (Å²) in [6, 6.07) is 6.00. The summed E-state index contributed by atoms with van der Waals surface area (Å²) >= 11 is 0. The summed E-state index contributed by atoms with van der Waals surface area (Å²) in [5.74, 6) is 0.318. The number of likely N-dealkylation sites (N-methyl/N-ethyl adjacent to an activating group) is 1. The van der Waals surface area contributed by atoms with E-state index in [-0.39, 0.29) is 29.7 Å². The number of hydrogen-bond donors (Lipinski definition) is 2. The highest BCUT2D eigenvalue weighted by molar-refractivity contribution is 5.82. The highest BCUT2D eigenvalue weighted by atomic mass is 19.1. The fourth-order valence-corrected chi connectivity index (χ4v) is 9.22. The molecule has 1 aromatic carbocycles. The summed E-state index contributed by atoms with van der Waals surface area (Å²) in [5.41, 5.74) is 0.904. The molecule has 0 amide bonds. The normalized spacial score (nSPS) is 47.6. The number of aliphatic hydroxyl groups excluding tert-OH is 2. The van der Waals surface area contributed by atoms with Crippen LogP contribution in [-0.2, 0) is 4.74 Å². The highest BCUT2D eigenvalue weighted by Gasteiger charge is 2.77. The number of aromatic nitrogens is 1. The maximum Gasteiger partial charge on any atom is 0.192 e. The van der Waals surface area contributed by atoms with Crippen molar-refractivity contribution in [3.63, 3.8) is 0 Å². The zero-order valence-electron chi connectivity index (χ0n) is 21.6. The van der Waals surface area contributed by atoms with Crippen molar-refractivity contribution in [2.24, 2.45) is 17.3 Å². The van der Waals surface area contributed by atoms with Crippen molar-refractivity contribution < 1.29 is 23.8 Å². The van der Waals surface area contributed by atoms with E-state index in [4.69, 9.17) is 9.15 Å². The number of hydrogen-bond acceptors (Lipinski definition) is 6. The number of aliphatic hydroxyl groups is 2. The molecule has 194 valence electrons. The molecule has 2 spiro atoms. The van der Waals surface area contributed by atoms with Crippen molar-refractivity contribution in [1.29, 1.82) is 0 Å². The van der Waals surface area contributed by atoms with Crippen LogP contribution in [-0.4, -0.2) is 69.3 Å². The third kappa shape index (κ3) is 2.73. The van der Waals surface area contributed by atoms with Gasteiger partial charge in [-0.3, -0.25) is 0 Å². The van der Waals surface area contributed by atoms with Crippen molar-refractivity contribution in [2.75, 3.05) is 14.1 Å². The Hall–Kier alpha value is -1.80. The van der Waals surface area contributed by atoms with Crippen LogP contribution >= 0.6 is 0 Å². The number of rotatable bonds is 2. The Labute approximate surface area is 211 Å². The van der Waals surface area contributed by atoms with Gasteiger partial charge >= 0.3 is 0 Å². The van der Waals surface area contributed by atoms with E-state index >= 15 is 4.39 Å². The molecule has 2 N–H and O–H groups in total. The molecule has 4 fully saturated rings. The van der Waals surface area contributed by atoms with Crippen molar-refractivity contribution >= 4 is 16.7 Å². The number of alkyl halides is 1. The van der Waals surface area contributed by atoms with Gasteiger partial charge in [0.1, 0.15) is 16.8 Å². The number of ether oxygens (including phenoxy) is 1. The molecule has 7 rings (SSSR count). The Kier molecular flexibility index (Phi) is 4.66. The van der Waals surface area contributed by atoms with Crippen molar-refractivity contribution in [3.8, 4) is 0 Å². The van der Waals surface area contributed by atoms with Crippen LogP contribution in [0.4, 0.5) is 4.39 Å².